The molecule has 0 spiro atoms. The lowest BCUT2D eigenvalue weighted by molar-refractivity contribution is -0.110. The third-order valence-electron chi connectivity index (χ3n) is 4.01. The molecule has 1 amide bonds. The Balaban J connectivity index is 1.77. The SMILES string of the molecule is O=C1Nc2ncccc2/C1=C/c1cc2c([nH]1)CCCC2. The number of nitrogens with one attached hydrogen (secondary N) is 2. The molecule has 2 N–H and O–H groups in total. The van der Waals surface area contributed by atoms with E-state index in [0.29, 0.717) is 11.4 Å². The third kappa shape index (κ3) is 1.76. The molecule has 0 saturated heterocycles. The Labute approximate surface area is 116 Å². The summed E-state index contributed by atoms with van der Waals surface area (Å²) in [6.45, 7) is 0. The molecule has 0 saturated carbocycles. The number of aromatic amines is 1. The molecular weight excluding hydrogens is 250 g/mol. The summed E-state index contributed by atoms with van der Waals surface area (Å²) in [5.41, 5.74) is 5.30. The van der Waals surface area contributed by atoms with Gasteiger partial charge in [0.15, 0.2) is 0 Å². The fourth-order valence-electron chi connectivity index (χ4n) is 3.02. The number of aromatic nitrogens is 2. The maximum absolute atomic E-state index is 12.0. The highest BCUT2D eigenvalue weighted by molar-refractivity contribution is 6.34. The van der Waals surface area contributed by atoms with E-state index < -0.39 is 0 Å². The van der Waals surface area contributed by atoms with Crippen molar-refractivity contribution in [3.05, 3.63) is 46.9 Å². The standard InChI is InChI=1S/C16H15N3O/c20-16-13(12-5-3-7-17-15(12)19-16)9-11-8-10-4-1-2-6-14(10)18-11/h3,5,7-9,18H,1-2,4,6H2,(H,17,19,20)/b13-9-. The summed E-state index contributed by atoms with van der Waals surface area (Å²) in [7, 11) is 0. The smallest absolute Gasteiger partial charge is 0.257 e. The predicted octanol–water partition coefficient (Wildman–Crippen LogP) is 2.78. The molecule has 2 aromatic rings. The van der Waals surface area contributed by atoms with Gasteiger partial charge in [0, 0.05) is 23.1 Å². The van der Waals surface area contributed by atoms with E-state index in [2.05, 4.69) is 21.4 Å². The third-order valence-corrected chi connectivity index (χ3v) is 4.01. The minimum Gasteiger partial charge on any atom is -0.359 e. The first-order valence-electron chi connectivity index (χ1n) is 7.00. The number of hydrogen-bond acceptors (Lipinski definition) is 2. The summed E-state index contributed by atoms with van der Waals surface area (Å²) in [6.07, 6.45) is 8.38. The second kappa shape index (κ2) is 4.34. The summed E-state index contributed by atoms with van der Waals surface area (Å²) >= 11 is 0. The fraction of sp³-hybridized carbons (Fsp3) is 0.250. The number of aryl methyl sites for hydroxylation is 2. The van der Waals surface area contributed by atoms with Gasteiger partial charge >= 0.3 is 0 Å². The highest BCUT2D eigenvalue weighted by Gasteiger charge is 2.25. The summed E-state index contributed by atoms with van der Waals surface area (Å²) in [6, 6.07) is 5.95. The lowest BCUT2D eigenvalue weighted by atomic mass is 9.98. The van der Waals surface area contributed by atoms with E-state index >= 15 is 0 Å². The van der Waals surface area contributed by atoms with Crippen molar-refractivity contribution in [1.29, 1.82) is 0 Å². The van der Waals surface area contributed by atoms with E-state index in [9.17, 15) is 4.79 Å². The highest BCUT2D eigenvalue weighted by Crippen LogP contribution is 2.31. The Kier molecular flexibility index (Phi) is 2.49. The summed E-state index contributed by atoms with van der Waals surface area (Å²) in [5.74, 6) is 0.575. The molecule has 0 unspecified atom stereocenters. The molecule has 100 valence electrons. The Bertz CT molecular complexity index is 704. The van der Waals surface area contributed by atoms with Crippen LogP contribution < -0.4 is 5.32 Å². The van der Waals surface area contributed by atoms with Crippen LogP contribution in [0.25, 0.3) is 11.6 Å². The van der Waals surface area contributed by atoms with Gasteiger partial charge in [-0.2, -0.15) is 0 Å². The summed E-state index contributed by atoms with van der Waals surface area (Å²) in [4.78, 5) is 19.7. The first-order valence-corrected chi connectivity index (χ1v) is 7.00. The monoisotopic (exact) mass is 265 g/mol. The van der Waals surface area contributed by atoms with Crippen molar-refractivity contribution in [3.8, 4) is 0 Å². The molecule has 1 aliphatic heterocycles. The molecule has 1 aliphatic carbocycles. The van der Waals surface area contributed by atoms with E-state index in [-0.39, 0.29) is 5.91 Å². The number of nitrogens with zero attached hydrogens (tertiary/aromatic N) is 1. The highest BCUT2D eigenvalue weighted by atomic mass is 16.2. The quantitative estimate of drug-likeness (QED) is 0.779. The zero-order valence-corrected chi connectivity index (χ0v) is 11.1. The molecule has 4 nitrogen and oxygen atoms in total. The van der Waals surface area contributed by atoms with Crippen molar-refractivity contribution < 1.29 is 4.79 Å². The lowest BCUT2D eigenvalue weighted by Gasteiger charge is -2.08. The van der Waals surface area contributed by atoms with Crippen LogP contribution in [0.4, 0.5) is 5.82 Å². The van der Waals surface area contributed by atoms with Crippen LogP contribution in [-0.4, -0.2) is 15.9 Å². The molecule has 4 heteroatoms. The van der Waals surface area contributed by atoms with Crippen LogP contribution in [0.2, 0.25) is 0 Å². The zero-order valence-electron chi connectivity index (χ0n) is 11.1. The summed E-state index contributed by atoms with van der Waals surface area (Å²) < 4.78 is 0. The molecule has 3 heterocycles. The Hall–Kier alpha value is -2.36. The van der Waals surface area contributed by atoms with Gasteiger partial charge in [0.2, 0.25) is 0 Å². The van der Waals surface area contributed by atoms with Gasteiger partial charge in [-0.15, -0.1) is 0 Å². The van der Waals surface area contributed by atoms with Gasteiger partial charge in [0.25, 0.3) is 5.91 Å². The van der Waals surface area contributed by atoms with Crippen LogP contribution in [0.1, 0.15) is 35.4 Å². The van der Waals surface area contributed by atoms with Gasteiger partial charge in [0.05, 0.1) is 5.57 Å². The minimum atomic E-state index is -0.0775. The number of carbonyl (C=O) groups excluding carboxylic acids is 1. The number of pyridine rings is 1. The lowest BCUT2D eigenvalue weighted by Crippen LogP contribution is -2.04. The van der Waals surface area contributed by atoms with Crippen molar-refractivity contribution in [2.45, 2.75) is 25.7 Å². The molecule has 0 atom stereocenters. The normalized spacial score (nSPS) is 18.8. The second-order valence-corrected chi connectivity index (χ2v) is 5.35. The zero-order chi connectivity index (χ0) is 13.5. The number of amides is 1. The maximum atomic E-state index is 12.0. The number of hydrogen-bond donors (Lipinski definition) is 2. The average molecular weight is 265 g/mol. The second-order valence-electron chi connectivity index (χ2n) is 5.35. The van der Waals surface area contributed by atoms with E-state index in [1.807, 2.05) is 18.2 Å². The molecule has 0 radical (unpaired) electrons. The topological polar surface area (TPSA) is 57.8 Å². The van der Waals surface area contributed by atoms with Crippen LogP contribution >= 0.6 is 0 Å². The Morgan fingerprint density at radius 1 is 1.25 bits per heavy atom. The van der Waals surface area contributed by atoms with Gasteiger partial charge in [-0.25, -0.2) is 4.98 Å². The molecule has 0 aromatic carbocycles. The minimum absolute atomic E-state index is 0.0775. The van der Waals surface area contributed by atoms with Gasteiger partial charge in [-0.05, 0) is 55.5 Å². The first kappa shape index (κ1) is 11.5. The molecule has 2 aliphatic rings. The van der Waals surface area contributed by atoms with Crippen LogP contribution in [0.5, 0.6) is 0 Å². The fourth-order valence-corrected chi connectivity index (χ4v) is 3.02. The van der Waals surface area contributed by atoms with Gasteiger partial charge in [-0.3, -0.25) is 4.79 Å². The molecule has 4 rings (SSSR count). The van der Waals surface area contributed by atoms with Crippen molar-refractivity contribution >= 4 is 23.4 Å². The predicted molar refractivity (Wildman–Crippen MR) is 78.2 cm³/mol. The molecule has 0 fully saturated rings. The van der Waals surface area contributed by atoms with Gasteiger partial charge < -0.3 is 10.3 Å². The number of H-pyrrole nitrogens is 1. The average Bonchev–Trinajstić information content (AvgIpc) is 3.00. The molecule has 0 bridgehead atoms. The van der Waals surface area contributed by atoms with Crippen LogP contribution in [0.15, 0.2) is 24.4 Å². The Morgan fingerprint density at radius 2 is 2.15 bits per heavy atom. The van der Waals surface area contributed by atoms with Gasteiger partial charge in [0.1, 0.15) is 5.82 Å². The number of anilines is 1. The van der Waals surface area contributed by atoms with E-state index in [1.165, 1.54) is 24.1 Å². The first-order chi connectivity index (χ1) is 9.81. The molecular formula is C16H15N3O. The largest absolute Gasteiger partial charge is 0.359 e. The van der Waals surface area contributed by atoms with E-state index in [4.69, 9.17) is 0 Å². The van der Waals surface area contributed by atoms with Crippen molar-refractivity contribution in [3.63, 3.8) is 0 Å². The van der Waals surface area contributed by atoms with Crippen molar-refractivity contribution in [2.75, 3.05) is 5.32 Å². The molecule has 2 aromatic heterocycles. The summed E-state index contributed by atoms with van der Waals surface area (Å²) in [5, 5.41) is 2.80. The Morgan fingerprint density at radius 3 is 3.05 bits per heavy atom. The van der Waals surface area contributed by atoms with Gasteiger partial charge in [-0.1, -0.05) is 0 Å². The van der Waals surface area contributed by atoms with E-state index in [1.54, 1.807) is 6.20 Å². The van der Waals surface area contributed by atoms with Crippen molar-refractivity contribution in [2.24, 2.45) is 0 Å². The van der Waals surface area contributed by atoms with E-state index in [0.717, 1.165) is 24.1 Å². The number of carbonyl (C=O) groups is 1. The van der Waals surface area contributed by atoms with Crippen LogP contribution in [-0.2, 0) is 17.6 Å². The van der Waals surface area contributed by atoms with Crippen LogP contribution in [0, 0.1) is 0 Å². The number of fused-ring (bicyclic) bond motifs is 2. The number of rotatable bonds is 1. The van der Waals surface area contributed by atoms with Crippen molar-refractivity contribution in [1.82, 2.24) is 9.97 Å². The van der Waals surface area contributed by atoms with Crippen LogP contribution in [0.3, 0.4) is 0 Å². The maximum Gasteiger partial charge on any atom is 0.257 e. The molecule has 20 heavy (non-hydrogen) atoms.